The van der Waals surface area contributed by atoms with Crippen molar-refractivity contribution in [3.63, 3.8) is 0 Å². The van der Waals surface area contributed by atoms with E-state index in [2.05, 4.69) is 22.1 Å². The molecule has 126 valence electrons. The molecular weight excluding hydrogens is 296 g/mol. The van der Waals surface area contributed by atoms with Gasteiger partial charge in [0.25, 0.3) is 0 Å². The zero-order valence-corrected chi connectivity index (χ0v) is 13.9. The molecule has 1 aliphatic carbocycles. The van der Waals surface area contributed by atoms with Crippen LogP contribution in [0.15, 0.2) is 23.2 Å². The quantitative estimate of drug-likeness (QED) is 0.681. The van der Waals surface area contributed by atoms with Crippen molar-refractivity contribution in [3.05, 3.63) is 35.4 Å². The number of nitrogens with one attached hydrogen (secondary N) is 1. The summed E-state index contributed by atoms with van der Waals surface area (Å²) in [7, 11) is 0. The molecule has 1 N–H and O–H groups in total. The summed E-state index contributed by atoms with van der Waals surface area (Å²) in [6.07, 6.45) is 3.17. The molecule has 0 aromatic heterocycles. The van der Waals surface area contributed by atoms with E-state index in [1.54, 1.807) is 0 Å². The maximum Gasteiger partial charge on any atom is 0.194 e. The van der Waals surface area contributed by atoms with Gasteiger partial charge in [-0.25, -0.2) is 8.78 Å². The maximum absolute atomic E-state index is 13.9. The molecule has 1 saturated heterocycles. The van der Waals surface area contributed by atoms with Crippen LogP contribution in [0, 0.1) is 17.6 Å². The Kier molecular flexibility index (Phi) is 4.83. The van der Waals surface area contributed by atoms with Crippen molar-refractivity contribution in [1.82, 2.24) is 10.2 Å². The summed E-state index contributed by atoms with van der Waals surface area (Å²) >= 11 is 0. The van der Waals surface area contributed by atoms with Crippen LogP contribution in [0.5, 0.6) is 0 Å². The predicted molar refractivity (Wildman–Crippen MR) is 88.6 cm³/mol. The van der Waals surface area contributed by atoms with Gasteiger partial charge in [0.15, 0.2) is 5.96 Å². The third-order valence-electron chi connectivity index (χ3n) is 4.74. The molecule has 0 spiro atoms. The average molecular weight is 321 g/mol. The van der Waals surface area contributed by atoms with E-state index in [4.69, 9.17) is 0 Å². The molecule has 1 heterocycles. The highest BCUT2D eigenvalue weighted by atomic mass is 19.1. The monoisotopic (exact) mass is 321 g/mol. The SMILES string of the molecule is CCN=C(NC1CC1c1c(F)cccc1F)N1CCCC(C)C1. The van der Waals surface area contributed by atoms with Crippen molar-refractivity contribution in [1.29, 1.82) is 0 Å². The first-order valence-electron chi connectivity index (χ1n) is 8.60. The van der Waals surface area contributed by atoms with Crippen LogP contribution in [-0.2, 0) is 0 Å². The topological polar surface area (TPSA) is 27.6 Å². The molecule has 23 heavy (non-hydrogen) atoms. The second-order valence-corrected chi connectivity index (χ2v) is 6.72. The lowest BCUT2D eigenvalue weighted by atomic mass is 10.0. The van der Waals surface area contributed by atoms with Crippen LogP contribution in [0.1, 0.15) is 44.6 Å². The summed E-state index contributed by atoms with van der Waals surface area (Å²) in [6.45, 7) is 6.97. The highest BCUT2D eigenvalue weighted by Crippen LogP contribution is 2.43. The maximum atomic E-state index is 13.9. The highest BCUT2D eigenvalue weighted by Gasteiger charge is 2.43. The number of hydrogen-bond acceptors (Lipinski definition) is 1. The summed E-state index contributed by atoms with van der Waals surface area (Å²) < 4.78 is 27.8. The van der Waals surface area contributed by atoms with Crippen LogP contribution in [-0.4, -0.2) is 36.5 Å². The van der Waals surface area contributed by atoms with Gasteiger partial charge in [0.1, 0.15) is 11.6 Å². The molecule has 1 aliphatic heterocycles. The largest absolute Gasteiger partial charge is 0.353 e. The normalized spacial score (nSPS) is 27.9. The Labute approximate surface area is 136 Å². The van der Waals surface area contributed by atoms with Gasteiger partial charge in [-0.3, -0.25) is 4.99 Å². The van der Waals surface area contributed by atoms with Crippen molar-refractivity contribution in [2.24, 2.45) is 10.9 Å². The second kappa shape index (κ2) is 6.85. The van der Waals surface area contributed by atoms with Crippen LogP contribution in [0.4, 0.5) is 8.78 Å². The summed E-state index contributed by atoms with van der Waals surface area (Å²) in [5.41, 5.74) is 0.216. The fraction of sp³-hybridized carbons (Fsp3) is 0.611. The van der Waals surface area contributed by atoms with E-state index in [0.29, 0.717) is 12.5 Å². The van der Waals surface area contributed by atoms with E-state index in [1.807, 2.05) is 6.92 Å². The Balaban J connectivity index is 1.67. The lowest BCUT2D eigenvalue weighted by Gasteiger charge is -2.33. The van der Waals surface area contributed by atoms with Gasteiger partial charge < -0.3 is 10.2 Å². The van der Waals surface area contributed by atoms with Gasteiger partial charge in [-0.15, -0.1) is 0 Å². The Morgan fingerprint density at radius 1 is 1.35 bits per heavy atom. The molecule has 3 atom stereocenters. The molecule has 0 amide bonds. The minimum atomic E-state index is -0.445. The van der Waals surface area contributed by atoms with Crippen molar-refractivity contribution >= 4 is 5.96 Å². The van der Waals surface area contributed by atoms with Crippen molar-refractivity contribution in [2.45, 2.75) is 45.1 Å². The number of likely N-dealkylation sites (tertiary alicyclic amines) is 1. The van der Waals surface area contributed by atoms with E-state index in [9.17, 15) is 8.78 Å². The summed E-state index contributed by atoms with van der Waals surface area (Å²) in [5, 5.41) is 3.43. The number of rotatable bonds is 3. The van der Waals surface area contributed by atoms with E-state index < -0.39 is 11.6 Å². The van der Waals surface area contributed by atoms with Gasteiger partial charge in [0.2, 0.25) is 0 Å². The Hall–Kier alpha value is -1.65. The summed E-state index contributed by atoms with van der Waals surface area (Å²) in [4.78, 5) is 6.86. The molecular formula is C18H25F2N3. The lowest BCUT2D eigenvalue weighted by Crippen LogP contribution is -2.47. The number of benzene rings is 1. The third kappa shape index (κ3) is 3.65. The minimum Gasteiger partial charge on any atom is -0.353 e. The fourth-order valence-electron chi connectivity index (χ4n) is 3.47. The van der Waals surface area contributed by atoms with Crippen molar-refractivity contribution in [2.75, 3.05) is 19.6 Å². The Morgan fingerprint density at radius 3 is 2.74 bits per heavy atom. The molecule has 3 unspecified atom stereocenters. The molecule has 3 nitrogen and oxygen atoms in total. The first kappa shape index (κ1) is 16.2. The van der Waals surface area contributed by atoms with E-state index in [-0.39, 0.29) is 17.5 Å². The number of halogens is 2. The molecule has 0 radical (unpaired) electrons. The first-order chi connectivity index (χ1) is 11.1. The Bertz CT molecular complexity index is 567. The van der Waals surface area contributed by atoms with E-state index in [1.165, 1.54) is 31.0 Å². The van der Waals surface area contributed by atoms with Gasteiger partial charge in [-0.2, -0.15) is 0 Å². The number of hydrogen-bond donors (Lipinski definition) is 1. The summed E-state index contributed by atoms with van der Waals surface area (Å²) in [6, 6.07) is 4.16. The molecule has 3 rings (SSSR count). The van der Waals surface area contributed by atoms with Gasteiger partial charge in [0, 0.05) is 37.2 Å². The molecule has 1 aromatic rings. The molecule has 1 saturated carbocycles. The van der Waals surface area contributed by atoms with Crippen LogP contribution in [0.2, 0.25) is 0 Å². The van der Waals surface area contributed by atoms with Gasteiger partial charge in [-0.1, -0.05) is 13.0 Å². The number of guanidine groups is 1. The molecule has 2 fully saturated rings. The minimum absolute atomic E-state index is 0.0731. The predicted octanol–water partition coefficient (Wildman–Crippen LogP) is 3.52. The third-order valence-corrected chi connectivity index (χ3v) is 4.74. The molecule has 0 bridgehead atoms. The fourth-order valence-corrected chi connectivity index (χ4v) is 3.47. The molecule has 1 aromatic carbocycles. The number of nitrogens with zero attached hydrogens (tertiary/aromatic N) is 2. The summed E-state index contributed by atoms with van der Waals surface area (Å²) in [5.74, 6) is 0.565. The lowest BCUT2D eigenvalue weighted by molar-refractivity contribution is 0.265. The van der Waals surface area contributed by atoms with Gasteiger partial charge in [0.05, 0.1) is 0 Å². The van der Waals surface area contributed by atoms with Gasteiger partial charge >= 0.3 is 0 Å². The number of piperidine rings is 1. The second-order valence-electron chi connectivity index (χ2n) is 6.72. The zero-order valence-electron chi connectivity index (χ0n) is 13.9. The van der Waals surface area contributed by atoms with Crippen LogP contribution in [0.3, 0.4) is 0 Å². The zero-order chi connectivity index (χ0) is 16.4. The van der Waals surface area contributed by atoms with Gasteiger partial charge in [-0.05, 0) is 44.2 Å². The van der Waals surface area contributed by atoms with Crippen LogP contribution >= 0.6 is 0 Å². The molecule has 2 aliphatic rings. The van der Waals surface area contributed by atoms with Crippen molar-refractivity contribution < 1.29 is 8.78 Å². The standard InChI is InChI=1S/C18H25F2N3/c1-3-21-18(23-9-5-6-12(2)11-23)22-16-10-13(16)17-14(19)7-4-8-15(17)20/h4,7-8,12-13,16H,3,5-6,9-11H2,1-2H3,(H,21,22). The Morgan fingerprint density at radius 2 is 2.09 bits per heavy atom. The van der Waals surface area contributed by atoms with E-state index >= 15 is 0 Å². The van der Waals surface area contributed by atoms with E-state index in [0.717, 1.165) is 25.5 Å². The smallest absolute Gasteiger partial charge is 0.194 e. The highest BCUT2D eigenvalue weighted by molar-refractivity contribution is 5.81. The van der Waals surface area contributed by atoms with Crippen LogP contribution < -0.4 is 5.32 Å². The molecule has 5 heteroatoms. The number of aliphatic imine (C=N–C) groups is 1. The van der Waals surface area contributed by atoms with Crippen molar-refractivity contribution in [3.8, 4) is 0 Å². The first-order valence-corrected chi connectivity index (χ1v) is 8.60. The average Bonchev–Trinajstić information content (AvgIpc) is 3.25. The van der Waals surface area contributed by atoms with Crippen LogP contribution in [0.25, 0.3) is 0 Å².